The van der Waals surface area contributed by atoms with E-state index in [2.05, 4.69) is 73.3 Å². The quantitative estimate of drug-likeness (QED) is 0.695. The molecule has 2 aromatic heterocycles. The van der Waals surface area contributed by atoms with E-state index < -0.39 is 0 Å². The lowest BCUT2D eigenvalue weighted by Gasteiger charge is -2.32. The number of hydrogen-bond donors (Lipinski definition) is 1. The Labute approximate surface area is 177 Å². The average Bonchev–Trinajstić information content (AvgIpc) is 2.76. The number of rotatable bonds is 5. The Hall–Kier alpha value is -3.13. The lowest BCUT2D eigenvalue weighted by molar-refractivity contribution is 0.311. The molecule has 1 saturated heterocycles. The lowest BCUT2D eigenvalue weighted by Crippen LogP contribution is -2.45. The number of likely N-dealkylation sites (N-methyl/N-ethyl adjacent to an activating group) is 1. The molecule has 0 saturated carbocycles. The number of benzene rings is 1. The third-order valence-electron chi connectivity index (χ3n) is 5.29. The molecule has 0 amide bonds. The molecular formula is C22H28N8. The topological polar surface area (TPSA) is 83.0 Å². The summed E-state index contributed by atoms with van der Waals surface area (Å²) in [5, 5.41) is 3.19. The first kappa shape index (κ1) is 20.2. The Morgan fingerprint density at radius 3 is 2.33 bits per heavy atom. The van der Waals surface area contributed by atoms with Crippen molar-refractivity contribution in [1.82, 2.24) is 29.8 Å². The number of aromatic nitrogens is 5. The summed E-state index contributed by atoms with van der Waals surface area (Å²) < 4.78 is 0. The highest BCUT2D eigenvalue weighted by Gasteiger charge is 2.18. The highest BCUT2D eigenvalue weighted by Crippen LogP contribution is 2.23. The highest BCUT2D eigenvalue weighted by molar-refractivity contribution is 5.64. The molecule has 0 bridgehead atoms. The third kappa shape index (κ3) is 4.54. The van der Waals surface area contributed by atoms with Crippen molar-refractivity contribution in [3.05, 3.63) is 47.4 Å². The molecule has 1 aromatic carbocycles. The van der Waals surface area contributed by atoms with Gasteiger partial charge in [0.2, 0.25) is 17.8 Å². The van der Waals surface area contributed by atoms with Crippen LogP contribution in [0.4, 0.5) is 17.8 Å². The fraction of sp³-hybridized carbons (Fsp3) is 0.409. The summed E-state index contributed by atoms with van der Waals surface area (Å²) in [7, 11) is 2.13. The van der Waals surface area contributed by atoms with Gasteiger partial charge in [-0.2, -0.15) is 15.0 Å². The molecule has 30 heavy (non-hydrogen) atoms. The largest absolute Gasteiger partial charge is 0.338 e. The second-order valence-corrected chi connectivity index (χ2v) is 7.74. The van der Waals surface area contributed by atoms with Crippen molar-refractivity contribution in [2.75, 3.05) is 43.4 Å². The van der Waals surface area contributed by atoms with Crippen LogP contribution in [0.5, 0.6) is 0 Å². The van der Waals surface area contributed by atoms with E-state index in [0.29, 0.717) is 17.8 Å². The van der Waals surface area contributed by atoms with Crippen molar-refractivity contribution >= 4 is 17.8 Å². The summed E-state index contributed by atoms with van der Waals surface area (Å²) in [4.78, 5) is 27.5. The minimum Gasteiger partial charge on any atom is -0.338 e. The zero-order valence-corrected chi connectivity index (χ0v) is 18.1. The van der Waals surface area contributed by atoms with Gasteiger partial charge in [-0.25, -0.2) is 9.97 Å². The summed E-state index contributed by atoms with van der Waals surface area (Å²) in [5.41, 5.74) is 4.20. The van der Waals surface area contributed by atoms with E-state index in [1.165, 1.54) is 5.56 Å². The molecule has 0 radical (unpaired) electrons. The van der Waals surface area contributed by atoms with Crippen molar-refractivity contribution in [3.8, 4) is 11.3 Å². The monoisotopic (exact) mass is 404 g/mol. The lowest BCUT2D eigenvalue weighted by atomic mass is 10.1. The summed E-state index contributed by atoms with van der Waals surface area (Å²) >= 11 is 0. The van der Waals surface area contributed by atoms with Crippen LogP contribution >= 0.6 is 0 Å². The standard InChI is InChI=1S/C22H28N8/c1-5-18-24-21(28-22(25-18)30-12-10-29(4)11-13-30)27-20-23-14-16(3)19(26-20)17-8-6-15(2)7-9-17/h6-9,14H,5,10-13H2,1-4H3,(H,23,24,25,26,27,28). The molecule has 0 atom stereocenters. The minimum absolute atomic E-state index is 0.480. The number of nitrogens with one attached hydrogen (secondary N) is 1. The Kier molecular flexibility index (Phi) is 5.85. The zero-order valence-electron chi connectivity index (χ0n) is 18.1. The normalized spacial score (nSPS) is 14.7. The van der Waals surface area contributed by atoms with Gasteiger partial charge in [-0.05, 0) is 26.5 Å². The van der Waals surface area contributed by atoms with Crippen LogP contribution in [0.1, 0.15) is 23.9 Å². The van der Waals surface area contributed by atoms with Gasteiger partial charge >= 0.3 is 0 Å². The Morgan fingerprint density at radius 2 is 1.63 bits per heavy atom. The number of hydrogen-bond acceptors (Lipinski definition) is 8. The van der Waals surface area contributed by atoms with Crippen molar-refractivity contribution in [1.29, 1.82) is 0 Å². The second kappa shape index (κ2) is 8.71. The first-order valence-electron chi connectivity index (χ1n) is 10.4. The smallest absolute Gasteiger partial charge is 0.234 e. The van der Waals surface area contributed by atoms with Crippen LogP contribution in [0.15, 0.2) is 30.5 Å². The van der Waals surface area contributed by atoms with Crippen LogP contribution < -0.4 is 10.2 Å². The molecule has 1 aliphatic rings. The van der Waals surface area contributed by atoms with Gasteiger partial charge in [0.25, 0.3) is 0 Å². The van der Waals surface area contributed by atoms with E-state index in [1.54, 1.807) is 0 Å². The van der Waals surface area contributed by atoms with Gasteiger partial charge in [0, 0.05) is 44.4 Å². The molecule has 156 valence electrons. The van der Waals surface area contributed by atoms with Crippen LogP contribution in [0.2, 0.25) is 0 Å². The molecule has 0 spiro atoms. The average molecular weight is 405 g/mol. The van der Waals surface area contributed by atoms with E-state index in [0.717, 1.165) is 55.2 Å². The molecule has 0 aliphatic carbocycles. The van der Waals surface area contributed by atoms with E-state index in [1.807, 2.05) is 20.0 Å². The Bertz CT molecular complexity index is 1010. The predicted molar refractivity (Wildman–Crippen MR) is 119 cm³/mol. The minimum atomic E-state index is 0.480. The molecule has 8 nitrogen and oxygen atoms in total. The van der Waals surface area contributed by atoms with Gasteiger partial charge in [-0.15, -0.1) is 0 Å². The maximum Gasteiger partial charge on any atom is 0.234 e. The van der Waals surface area contributed by atoms with Crippen molar-refractivity contribution in [2.24, 2.45) is 0 Å². The molecule has 1 fully saturated rings. The summed E-state index contributed by atoms with van der Waals surface area (Å²) in [5.74, 6) is 2.43. The zero-order chi connectivity index (χ0) is 21.1. The number of nitrogens with zero attached hydrogens (tertiary/aromatic N) is 7. The van der Waals surface area contributed by atoms with Gasteiger partial charge in [-0.1, -0.05) is 36.8 Å². The first-order valence-corrected chi connectivity index (χ1v) is 10.4. The van der Waals surface area contributed by atoms with Crippen molar-refractivity contribution < 1.29 is 0 Å². The number of aryl methyl sites for hydroxylation is 3. The molecule has 3 heterocycles. The first-order chi connectivity index (χ1) is 14.5. The van der Waals surface area contributed by atoms with Crippen LogP contribution in [0, 0.1) is 13.8 Å². The molecular weight excluding hydrogens is 376 g/mol. The summed E-state index contributed by atoms with van der Waals surface area (Å²) in [6, 6.07) is 8.34. The van der Waals surface area contributed by atoms with Gasteiger partial charge < -0.3 is 9.80 Å². The summed E-state index contributed by atoms with van der Waals surface area (Å²) in [6.45, 7) is 9.94. The van der Waals surface area contributed by atoms with Gasteiger partial charge in [0.05, 0.1) is 5.69 Å². The van der Waals surface area contributed by atoms with E-state index in [-0.39, 0.29) is 0 Å². The van der Waals surface area contributed by atoms with Crippen LogP contribution in [0.25, 0.3) is 11.3 Å². The van der Waals surface area contributed by atoms with Crippen molar-refractivity contribution in [3.63, 3.8) is 0 Å². The molecule has 4 rings (SSSR count). The Morgan fingerprint density at radius 1 is 0.900 bits per heavy atom. The SMILES string of the molecule is CCc1nc(Nc2ncc(C)c(-c3ccc(C)cc3)n2)nc(N2CCN(C)CC2)n1. The maximum absolute atomic E-state index is 4.73. The summed E-state index contributed by atoms with van der Waals surface area (Å²) in [6.07, 6.45) is 2.56. The van der Waals surface area contributed by atoms with Gasteiger partial charge in [0.1, 0.15) is 5.82 Å². The van der Waals surface area contributed by atoms with E-state index in [9.17, 15) is 0 Å². The molecule has 0 unspecified atom stereocenters. The number of piperazine rings is 1. The number of anilines is 3. The van der Waals surface area contributed by atoms with Crippen LogP contribution in [0.3, 0.4) is 0 Å². The van der Waals surface area contributed by atoms with Gasteiger partial charge in [-0.3, -0.25) is 5.32 Å². The predicted octanol–water partition coefficient (Wildman–Crippen LogP) is 3.00. The fourth-order valence-electron chi connectivity index (χ4n) is 3.38. The van der Waals surface area contributed by atoms with E-state index >= 15 is 0 Å². The van der Waals surface area contributed by atoms with Crippen molar-refractivity contribution in [2.45, 2.75) is 27.2 Å². The fourth-order valence-corrected chi connectivity index (χ4v) is 3.38. The molecule has 3 aromatic rings. The molecule has 1 aliphatic heterocycles. The third-order valence-corrected chi connectivity index (χ3v) is 5.29. The Balaban J connectivity index is 1.61. The van der Waals surface area contributed by atoms with Crippen LogP contribution in [-0.4, -0.2) is 63.0 Å². The molecule has 8 heteroatoms. The highest BCUT2D eigenvalue weighted by atomic mass is 15.3. The second-order valence-electron chi connectivity index (χ2n) is 7.74. The molecule has 1 N–H and O–H groups in total. The van der Waals surface area contributed by atoms with Crippen LogP contribution in [-0.2, 0) is 6.42 Å². The van der Waals surface area contributed by atoms with Gasteiger partial charge in [0.15, 0.2) is 0 Å². The van der Waals surface area contributed by atoms with E-state index in [4.69, 9.17) is 4.98 Å². The maximum atomic E-state index is 4.73.